The zero-order valence-electron chi connectivity index (χ0n) is 10.3. The van der Waals surface area contributed by atoms with Crippen molar-refractivity contribution in [3.05, 3.63) is 42.2 Å². The van der Waals surface area contributed by atoms with Gasteiger partial charge in [0.05, 0.1) is 5.69 Å². The fraction of sp³-hybridized carbons (Fsp3) is 0.214. The Bertz CT molecular complexity index is 589. The summed E-state index contributed by atoms with van der Waals surface area (Å²) in [5, 5.41) is 0. The van der Waals surface area contributed by atoms with Gasteiger partial charge in [-0.1, -0.05) is 11.8 Å². The Morgan fingerprint density at radius 1 is 1.16 bits per heavy atom. The minimum atomic E-state index is 0.438. The lowest BCUT2D eigenvalue weighted by atomic mass is 10.3. The highest BCUT2D eigenvalue weighted by Crippen LogP contribution is 2.37. The standard InChI is InChI=1S/C14H14N2O2S/c15-9-11-14(2-1-5-16-11)19-10-3-4-12-13(8-10)18-7-6-17-12/h1-5,8H,6-7,9,15H2. The van der Waals surface area contributed by atoms with E-state index in [9.17, 15) is 0 Å². The Morgan fingerprint density at radius 3 is 2.84 bits per heavy atom. The van der Waals surface area contributed by atoms with Crippen LogP contribution in [0.4, 0.5) is 0 Å². The summed E-state index contributed by atoms with van der Waals surface area (Å²) >= 11 is 1.63. The summed E-state index contributed by atoms with van der Waals surface area (Å²) in [4.78, 5) is 6.44. The molecular formula is C14H14N2O2S. The quantitative estimate of drug-likeness (QED) is 0.931. The molecule has 0 aliphatic carbocycles. The summed E-state index contributed by atoms with van der Waals surface area (Å²) in [6, 6.07) is 9.89. The molecule has 0 unspecified atom stereocenters. The van der Waals surface area contributed by atoms with Crippen LogP contribution in [0.1, 0.15) is 5.69 Å². The van der Waals surface area contributed by atoms with Gasteiger partial charge in [0.1, 0.15) is 13.2 Å². The monoisotopic (exact) mass is 274 g/mol. The van der Waals surface area contributed by atoms with Gasteiger partial charge in [0.15, 0.2) is 11.5 Å². The van der Waals surface area contributed by atoms with E-state index in [1.807, 2.05) is 30.3 Å². The van der Waals surface area contributed by atoms with Crippen molar-refractivity contribution in [2.75, 3.05) is 13.2 Å². The molecule has 1 aliphatic rings. The van der Waals surface area contributed by atoms with Gasteiger partial charge in [-0.15, -0.1) is 0 Å². The van der Waals surface area contributed by atoms with Crippen LogP contribution in [0.3, 0.4) is 0 Å². The fourth-order valence-electron chi connectivity index (χ4n) is 1.88. The maximum Gasteiger partial charge on any atom is 0.162 e. The molecule has 2 N–H and O–H groups in total. The van der Waals surface area contributed by atoms with Gasteiger partial charge in [-0.2, -0.15) is 0 Å². The van der Waals surface area contributed by atoms with Crippen LogP contribution >= 0.6 is 11.8 Å². The Labute approximate surface area is 115 Å². The first-order chi connectivity index (χ1) is 9.36. The Balaban J connectivity index is 1.87. The van der Waals surface area contributed by atoms with Crippen LogP contribution in [-0.2, 0) is 6.54 Å². The van der Waals surface area contributed by atoms with E-state index in [0.717, 1.165) is 27.0 Å². The summed E-state index contributed by atoms with van der Waals surface area (Å²) in [5.74, 6) is 1.61. The van der Waals surface area contributed by atoms with E-state index < -0.39 is 0 Å². The molecule has 0 spiro atoms. The molecule has 0 fully saturated rings. The lowest BCUT2D eigenvalue weighted by molar-refractivity contribution is 0.171. The minimum Gasteiger partial charge on any atom is -0.486 e. The second kappa shape index (κ2) is 5.50. The SMILES string of the molecule is NCc1ncccc1Sc1ccc2c(c1)OCCO2. The molecule has 4 nitrogen and oxygen atoms in total. The third-order valence-electron chi connectivity index (χ3n) is 2.78. The van der Waals surface area contributed by atoms with E-state index in [1.54, 1.807) is 18.0 Å². The molecule has 2 aromatic rings. The molecule has 0 bridgehead atoms. The summed E-state index contributed by atoms with van der Waals surface area (Å²) in [6.07, 6.45) is 1.76. The first kappa shape index (κ1) is 12.3. The van der Waals surface area contributed by atoms with Crippen molar-refractivity contribution < 1.29 is 9.47 Å². The second-order valence-electron chi connectivity index (χ2n) is 4.06. The average molecular weight is 274 g/mol. The molecule has 0 saturated heterocycles. The molecule has 1 aromatic heterocycles. The van der Waals surface area contributed by atoms with Crippen molar-refractivity contribution in [1.82, 2.24) is 4.98 Å². The van der Waals surface area contributed by atoms with Crippen LogP contribution < -0.4 is 15.2 Å². The second-order valence-corrected chi connectivity index (χ2v) is 5.18. The maximum atomic E-state index is 5.69. The van der Waals surface area contributed by atoms with E-state index in [-0.39, 0.29) is 0 Å². The van der Waals surface area contributed by atoms with Gasteiger partial charge in [0.2, 0.25) is 0 Å². The lowest BCUT2D eigenvalue weighted by Crippen LogP contribution is -2.15. The van der Waals surface area contributed by atoms with E-state index in [4.69, 9.17) is 15.2 Å². The number of benzene rings is 1. The van der Waals surface area contributed by atoms with Crippen molar-refractivity contribution in [3.63, 3.8) is 0 Å². The van der Waals surface area contributed by atoms with E-state index >= 15 is 0 Å². The van der Waals surface area contributed by atoms with Crippen LogP contribution in [0.15, 0.2) is 46.3 Å². The van der Waals surface area contributed by atoms with Crippen LogP contribution in [0, 0.1) is 0 Å². The summed E-state index contributed by atoms with van der Waals surface area (Å²) in [6.45, 7) is 1.65. The predicted octanol–water partition coefficient (Wildman–Crippen LogP) is 2.46. The van der Waals surface area contributed by atoms with Crippen molar-refractivity contribution in [2.24, 2.45) is 5.73 Å². The zero-order valence-corrected chi connectivity index (χ0v) is 11.2. The molecular weight excluding hydrogens is 260 g/mol. The number of hydrogen-bond donors (Lipinski definition) is 1. The van der Waals surface area contributed by atoms with Crippen molar-refractivity contribution >= 4 is 11.8 Å². The number of fused-ring (bicyclic) bond motifs is 1. The third kappa shape index (κ3) is 2.67. The van der Waals surface area contributed by atoms with E-state index in [0.29, 0.717) is 19.8 Å². The largest absolute Gasteiger partial charge is 0.486 e. The predicted molar refractivity (Wildman–Crippen MR) is 73.7 cm³/mol. The third-order valence-corrected chi connectivity index (χ3v) is 3.86. The Hall–Kier alpha value is -1.72. The van der Waals surface area contributed by atoms with Crippen LogP contribution in [-0.4, -0.2) is 18.2 Å². The molecule has 1 aromatic carbocycles. The number of nitrogens with two attached hydrogens (primary N) is 1. The molecule has 19 heavy (non-hydrogen) atoms. The van der Waals surface area contributed by atoms with E-state index in [1.165, 1.54) is 0 Å². The Morgan fingerprint density at radius 2 is 2.00 bits per heavy atom. The number of rotatable bonds is 3. The number of hydrogen-bond acceptors (Lipinski definition) is 5. The average Bonchev–Trinajstić information content (AvgIpc) is 2.48. The Kier molecular flexibility index (Phi) is 3.57. The summed E-state index contributed by atoms with van der Waals surface area (Å²) < 4.78 is 11.1. The van der Waals surface area contributed by atoms with Gasteiger partial charge in [0.25, 0.3) is 0 Å². The highest BCUT2D eigenvalue weighted by atomic mass is 32.2. The summed E-state index contributed by atoms with van der Waals surface area (Å²) in [5.41, 5.74) is 6.60. The molecule has 0 amide bonds. The summed E-state index contributed by atoms with van der Waals surface area (Å²) in [7, 11) is 0. The van der Waals surface area contributed by atoms with Gasteiger partial charge in [-0.05, 0) is 30.3 Å². The highest BCUT2D eigenvalue weighted by Gasteiger charge is 2.12. The fourth-order valence-corrected chi connectivity index (χ4v) is 2.84. The zero-order chi connectivity index (χ0) is 13.1. The minimum absolute atomic E-state index is 0.438. The maximum absolute atomic E-state index is 5.69. The molecule has 2 heterocycles. The molecule has 0 radical (unpaired) electrons. The molecule has 0 saturated carbocycles. The first-order valence-electron chi connectivity index (χ1n) is 6.08. The molecule has 0 atom stereocenters. The number of ether oxygens (including phenoxy) is 2. The van der Waals surface area contributed by atoms with Gasteiger partial charge in [0, 0.05) is 22.5 Å². The normalized spacial score (nSPS) is 13.3. The number of aromatic nitrogens is 1. The number of nitrogens with zero attached hydrogens (tertiary/aromatic N) is 1. The van der Waals surface area contributed by atoms with Gasteiger partial charge in [-0.3, -0.25) is 4.98 Å². The smallest absolute Gasteiger partial charge is 0.162 e. The van der Waals surface area contributed by atoms with Gasteiger partial charge in [-0.25, -0.2) is 0 Å². The van der Waals surface area contributed by atoms with Crippen LogP contribution in [0.2, 0.25) is 0 Å². The molecule has 3 rings (SSSR count). The van der Waals surface area contributed by atoms with Crippen molar-refractivity contribution in [1.29, 1.82) is 0 Å². The lowest BCUT2D eigenvalue weighted by Gasteiger charge is -2.18. The molecule has 5 heteroatoms. The molecule has 98 valence electrons. The van der Waals surface area contributed by atoms with Crippen LogP contribution in [0.25, 0.3) is 0 Å². The van der Waals surface area contributed by atoms with Gasteiger partial charge < -0.3 is 15.2 Å². The van der Waals surface area contributed by atoms with Gasteiger partial charge >= 0.3 is 0 Å². The number of pyridine rings is 1. The van der Waals surface area contributed by atoms with E-state index in [2.05, 4.69) is 4.98 Å². The highest BCUT2D eigenvalue weighted by molar-refractivity contribution is 7.99. The van der Waals surface area contributed by atoms with Crippen molar-refractivity contribution in [3.8, 4) is 11.5 Å². The molecule has 1 aliphatic heterocycles. The van der Waals surface area contributed by atoms with Crippen molar-refractivity contribution in [2.45, 2.75) is 16.3 Å². The first-order valence-corrected chi connectivity index (χ1v) is 6.90. The topological polar surface area (TPSA) is 57.4 Å². The van der Waals surface area contributed by atoms with Crippen LogP contribution in [0.5, 0.6) is 11.5 Å².